The van der Waals surface area contributed by atoms with Crippen LogP contribution in [-0.4, -0.2) is 14.8 Å². The molecule has 2 rings (SSSR count). The minimum absolute atomic E-state index is 0.417. The molecule has 4 heteroatoms. The van der Waals surface area contributed by atoms with E-state index in [1.54, 1.807) is 0 Å². The van der Waals surface area contributed by atoms with E-state index in [-0.39, 0.29) is 0 Å². The molecule has 0 amide bonds. The van der Waals surface area contributed by atoms with Crippen molar-refractivity contribution in [2.24, 2.45) is 0 Å². The van der Waals surface area contributed by atoms with Gasteiger partial charge in [-0.15, -0.1) is 21.8 Å². The van der Waals surface area contributed by atoms with Crippen LogP contribution >= 0.6 is 11.6 Å². The quantitative estimate of drug-likeness (QED) is 0.781. The van der Waals surface area contributed by atoms with E-state index < -0.39 is 0 Å². The first-order valence-corrected chi connectivity index (χ1v) is 7.22. The molecule has 3 nitrogen and oxygen atoms in total. The molecule has 0 unspecified atom stereocenters. The van der Waals surface area contributed by atoms with E-state index in [0.717, 1.165) is 31.0 Å². The SMILES string of the molecule is CCCn1c(CCl)nnc1Cc1ccc(C)c(C)c1. The number of hydrogen-bond donors (Lipinski definition) is 0. The van der Waals surface area contributed by atoms with Gasteiger partial charge < -0.3 is 4.57 Å². The third-order valence-electron chi connectivity index (χ3n) is 3.40. The van der Waals surface area contributed by atoms with Crippen molar-refractivity contribution < 1.29 is 0 Å². The lowest BCUT2D eigenvalue weighted by Crippen LogP contribution is -2.07. The highest BCUT2D eigenvalue weighted by atomic mass is 35.5. The van der Waals surface area contributed by atoms with Crippen molar-refractivity contribution in [3.8, 4) is 0 Å². The highest BCUT2D eigenvalue weighted by molar-refractivity contribution is 6.16. The standard InChI is InChI=1S/C15H20ClN3/c1-4-7-19-14(17-18-15(19)10-16)9-13-6-5-11(2)12(3)8-13/h5-6,8H,4,7,9-10H2,1-3H3. The Kier molecular flexibility index (Phi) is 4.59. The van der Waals surface area contributed by atoms with Crippen molar-refractivity contribution in [2.75, 3.05) is 0 Å². The minimum Gasteiger partial charge on any atom is -0.314 e. The lowest BCUT2D eigenvalue weighted by atomic mass is 10.0. The lowest BCUT2D eigenvalue weighted by Gasteiger charge is -2.09. The Bertz CT molecular complexity index is 561. The van der Waals surface area contributed by atoms with Gasteiger partial charge >= 0.3 is 0 Å². The molecule has 0 saturated heterocycles. The van der Waals surface area contributed by atoms with E-state index in [1.165, 1.54) is 16.7 Å². The molecule has 0 bridgehead atoms. The number of halogens is 1. The maximum Gasteiger partial charge on any atom is 0.147 e. The zero-order chi connectivity index (χ0) is 13.8. The van der Waals surface area contributed by atoms with Gasteiger partial charge in [-0.2, -0.15) is 0 Å². The van der Waals surface area contributed by atoms with Crippen LogP contribution < -0.4 is 0 Å². The second-order valence-electron chi connectivity index (χ2n) is 4.91. The summed E-state index contributed by atoms with van der Waals surface area (Å²) in [5, 5.41) is 8.45. The fourth-order valence-electron chi connectivity index (χ4n) is 2.18. The molecule has 0 aliphatic rings. The van der Waals surface area contributed by atoms with E-state index in [2.05, 4.69) is 53.7 Å². The Morgan fingerprint density at radius 2 is 1.84 bits per heavy atom. The smallest absolute Gasteiger partial charge is 0.147 e. The number of rotatable bonds is 5. The highest BCUT2D eigenvalue weighted by Crippen LogP contribution is 2.15. The Balaban J connectivity index is 2.27. The van der Waals surface area contributed by atoms with Gasteiger partial charge in [0, 0.05) is 13.0 Å². The molecule has 1 aromatic carbocycles. The first-order chi connectivity index (χ1) is 9.15. The van der Waals surface area contributed by atoms with Crippen LogP contribution in [0.1, 0.15) is 41.7 Å². The molecule has 0 aliphatic heterocycles. The summed E-state index contributed by atoms with van der Waals surface area (Å²) in [5.74, 6) is 2.28. The average molecular weight is 278 g/mol. The van der Waals surface area contributed by atoms with Gasteiger partial charge in [-0.1, -0.05) is 25.1 Å². The normalized spacial score (nSPS) is 10.9. The van der Waals surface area contributed by atoms with E-state index in [9.17, 15) is 0 Å². The number of alkyl halides is 1. The summed E-state index contributed by atoms with van der Waals surface area (Å²) >= 11 is 5.91. The first-order valence-electron chi connectivity index (χ1n) is 6.68. The monoisotopic (exact) mass is 277 g/mol. The van der Waals surface area contributed by atoms with Gasteiger partial charge in [0.25, 0.3) is 0 Å². The van der Waals surface area contributed by atoms with Gasteiger partial charge in [-0.3, -0.25) is 0 Å². The van der Waals surface area contributed by atoms with Crippen LogP contribution in [0, 0.1) is 13.8 Å². The number of hydrogen-bond acceptors (Lipinski definition) is 2. The largest absolute Gasteiger partial charge is 0.314 e. The lowest BCUT2D eigenvalue weighted by molar-refractivity contribution is 0.627. The van der Waals surface area contributed by atoms with E-state index in [0.29, 0.717) is 5.88 Å². The Hall–Kier alpha value is -1.35. The van der Waals surface area contributed by atoms with Crippen LogP contribution in [0.15, 0.2) is 18.2 Å². The first kappa shape index (κ1) is 14.1. The van der Waals surface area contributed by atoms with Gasteiger partial charge in [-0.05, 0) is 37.0 Å². The molecule has 2 aromatic rings. The van der Waals surface area contributed by atoms with Crippen LogP contribution in [-0.2, 0) is 18.8 Å². The molecule has 0 fully saturated rings. The summed E-state index contributed by atoms with van der Waals surface area (Å²) in [5.41, 5.74) is 3.91. The van der Waals surface area contributed by atoms with Gasteiger partial charge in [0.1, 0.15) is 11.6 Å². The van der Waals surface area contributed by atoms with Crippen LogP contribution in [0.2, 0.25) is 0 Å². The molecule has 19 heavy (non-hydrogen) atoms. The van der Waals surface area contributed by atoms with Gasteiger partial charge in [0.2, 0.25) is 0 Å². The van der Waals surface area contributed by atoms with Crippen LogP contribution in [0.25, 0.3) is 0 Å². The topological polar surface area (TPSA) is 30.7 Å². The summed E-state index contributed by atoms with van der Waals surface area (Å²) in [6.07, 6.45) is 1.87. The van der Waals surface area contributed by atoms with Crippen molar-refractivity contribution in [2.45, 2.75) is 46.0 Å². The molecule has 102 valence electrons. The molecule has 0 atom stereocenters. The molecular formula is C15H20ClN3. The van der Waals surface area contributed by atoms with Crippen LogP contribution in [0.5, 0.6) is 0 Å². The van der Waals surface area contributed by atoms with Crippen molar-refractivity contribution in [3.05, 3.63) is 46.5 Å². The summed E-state index contributed by atoms with van der Waals surface area (Å²) in [4.78, 5) is 0. The average Bonchev–Trinajstić information content (AvgIpc) is 2.77. The Labute approximate surface area is 119 Å². The molecule has 0 spiro atoms. The summed E-state index contributed by atoms with van der Waals surface area (Å²) in [6.45, 7) is 7.34. The third-order valence-corrected chi connectivity index (χ3v) is 3.64. The number of aryl methyl sites for hydroxylation is 2. The van der Waals surface area contributed by atoms with Crippen molar-refractivity contribution >= 4 is 11.6 Å². The predicted molar refractivity (Wildman–Crippen MR) is 78.6 cm³/mol. The van der Waals surface area contributed by atoms with Crippen molar-refractivity contribution in [3.63, 3.8) is 0 Å². The summed E-state index contributed by atoms with van der Waals surface area (Å²) < 4.78 is 2.14. The van der Waals surface area contributed by atoms with Gasteiger partial charge in [-0.25, -0.2) is 0 Å². The Morgan fingerprint density at radius 1 is 1.11 bits per heavy atom. The molecule has 1 aromatic heterocycles. The number of nitrogens with zero attached hydrogens (tertiary/aromatic N) is 3. The summed E-state index contributed by atoms with van der Waals surface area (Å²) in [7, 11) is 0. The molecule has 1 heterocycles. The van der Waals surface area contributed by atoms with Crippen LogP contribution in [0.3, 0.4) is 0 Å². The van der Waals surface area contributed by atoms with E-state index >= 15 is 0 Å². The zero-order valence-corrected chi connectivity index (χ0v) is 12.5. The van der Waals surface area contributed by atoms with E-state index in [1.807, 2.05) is 0 Å². The fourth-order valence-corrected chi connectivity index (χ4v) is 2.38. The number of benzene rings is 1. The molecular weight excluding hydrogens is 258 g/mol. The summed E-state index contributed by atoms with van der Waals surface area (Å²) in [6, 6.07) is 6.54. The van der Waals surface area contributed by atoms with E-state index in [4.69, 9.17) is 11.6 Å². The van der Waals surface area contributed by atoms with Crippen molar-refractivity contribution in [1.29, 1.82) is 0 Å². The molecule has 0 aliphatic carbocycles. The second kappa shape index (κ2) is 6.20. The number of aromatic nitrogens is 3. The highest BCUT2D eigenvalue weighted by Gasteiger charge is 2.11. The Morgan fingerprint density at radius 3 is 2.47 bits per heavy atom. The maximum atomic E-state index is 5.91. The molecule has 0 saturated carbocycles. The second-order valence-corrected chi connectivity index (χ2v) is 5.18. The molecule has 0 N–H and O–H groups in total. The minimum atomic E-state index is 0.417. The molecule has 0 radical (unpaired) electrons. The zero-order valence-electron chi connectivity index (χ0n) is 11.8. The maximum absolute atomic E-state index is 5.91. The van der Waals surface area contributed by atoms with Crippen LogP contribution in [0.4, 0.5) is 0 Å². The third kappa shape index (κ3) is 3.16. The van der Waals surface area contributed by atoms with Gasteiger partial charge in [0.05, 0.1) is 5.88 Å². The van der Waals surface area contributed by atoms with Crippen molar-refractivity contribution in [1.82, 2.24) is 14.8 Å². The predicted octanol–water partition coefficient (Wildman–Crippen LogP) is 3.63. The van der Waals surface area contributed by atoms with Gasteiger partial charge in [0.15, 0.2) is 0 Å². The fraction of sp³-hybridized carbons (Fsp3) is 0.467.